The lowest BCUT2D eigenvalue weighted by Crippen LogP contribution is -2.47. The molecule has 2 N–H and O–H groups in total. The minimum absolute atomic E-state index is 0.00865. The number of amides is 2. The van der Waals surface area contributed by atoms with Crippen LogP contribution in [0.5, 0.6) is 0 Å². The van der Waals surface area contributed by atoms with E-state index in [4.69, 9.17) is 0 Å². The van der Waals surface area contributed by atoms with Crippen molar-refractivity contribution in [1.82, 2.24) is 20.4 Å². The first-order chi connectivity index (χ1) is 15.0. The van der Waals surface area contributed by atoms with Gasteiger partial charge in [-0.25, -0.2) is 4.68 Å². The van der Waals surface area contributed by atoms with Crippen LogP contribution in [0.25, 0.3) is 5.69 Å². The summed E-state index contributed by atoms with van der Waals surface area (Å²) in [6.45, 7) is 3.76. The van der Waals surface area contributed by atoms with Crippen molar-refractivity contribution in [2.45, 2.75) is 13.5 Å². The smallest absolute Gasteiger partial charge is 0.276 e. The van der Waals surface area contributed by atoms with Crippen LogP contribution in [0.1, 0.15) is 21.7 Å². The maximum Gasteiger partial charge on any atom is 0.276 e. The fraction of sp³-hybridized carbons (Fsp3) is 0.217. The highest BCUT2D eigenvalue weighted by Crippen LogP contribution is 2.16. The second-order valence-electron chi connectivity index (χ2n) is 7.37. The zero-order valence-electron chi connectivity index (χ0n) is 17.2. The number of hydrogen-bond donors (Lipinski definition) is 2. The largest absolute Gasteiger partial charge is 0.360 e. The van der Waals surface area contributed by atoms with E-state index in [0.717, 1.165) is 23.5 Å². The van der Waals surface area contributed by atoms with E-state index in [-0.39, 0.29) is 18.1 Å². The molecule has 0 bridgehead atoms. The second-order valence-corrected chi connectivity index (χ2v) is 7.37. The molecule has 31 heavy (non-hydrogen) atoms. The Bertz CT molecular complexity index is 1160. The number of piperazine rings is 1. The van der Waals surface area contributed by atoms with E-state index >= 15 is 0 Å². The molecule has 1 aliphatic rings. The summed E-state index contributed by atoms with van der Waals surface area (Å²) < 4.78 is 1.58. The Morgan fingerprint density at radius 1 is 1.06 bits per heavy atom. The van der Waals surface area contributed by atoms with Crippen molar-refractivity contribution in [3.63, 3.8) is 0 Å². The predicted molar refractivity (Wildman–Crippen MR) is 117 cm³/mol. The number of anilines is 1. The lowest BCUT2D eigenvalue weighted by atomic mass is 10.1. The summed E-state index contributed by atoms with van der Waals surface area (Å²) in [4.78, 5) is 38.6. The van der Waals surface area contributed by atoms with Crippen molar-refractivity contribution in [3.8, 4) is 5.69 Å². The number of nitrogens with one attached hydrogen (secondary N) is 2. The summed E-state index contributed by atoms with van der Waals surface area (Å²) in [5, 5.41) is 9.85. The van der Waals surface area contributed by atoms with Crippen molar-refractivity contribution >= 4 is 17.5 Å². The monoisotopic (exact) mass is 417 g/mol. The van der Waals surface area contributed by atoms with Crippen LogP contribution >= 0.6 is 0 Å². The molecule has 0 atom stereocenters. The first kappa shape index (κ1) is 20.3. The van der Waals surface area contributed by atoms with Gasteiger partial charge < -0.3 is 15.5 Å². The molecule has 2 heterocycles. The first-order valence-corrected chi connectivity index (χ1v) is 10.1. The maximum atomic E-state index is 12.6. The number of carbonyl (C=O) groups is 2. The number of hydrogen-bond acceptors (Lipinski definition) is 5. The number of benzene rings is 2. The SMILES string of the molecule is Cc1cc(=O)c(C(=O)NCc2ccc(N3CCNC(=O)C3)cc2)nn1-c1ccccc1. The average Bonchev–Trinajstić information content (AvgIpc) is 2.78. The van der Waals surface area contributed by atoms with Gasteiger partial charge in [-0.15, -0.1) is 0 Å². The molecule has 8 heteroatoms. The van der Waals surface area contributed by atoms with Gasteiger partial charge in [-0.05, 0) is 36.8 Å². The zero-order chi connectivity index (χ0) is 21.8. The Kier molecular flexibility index (Phi) is 5.79. The van der Waals surface area contributed by atoms with E-state index in [1.54, 1.807) is 11.6 Å². The molecule has 0 saturated carbocycles. The van der Waals surface area contributed by atoms with E-state index < -0.39 is 11.3 Å². The normalized spacial score (nSPS) is 13.6. The molecule has 2 amide bonds. The Morgan fingerprint density at radius 3 is 2.52 bits per heavy atom. The average molecular weight is 417 g/mol. The molecule has 4 rings (SSSR count). The molecule has 8 nitrogen and oxygen atoms in total. The number of aromatic nitrogens is 2. The Labute approximate surface area is 179 Å². The van der Waals surface area contributed by atoms with Crippen LogP contribution in [0.2, 0.25) is 0 Å². The summed E-state index contributed by atoms with van der Waals surface area (Å²) in [5.74, 6) is -0.513. The molecular weight excluding hydrogens is 394 g/mol. The maximum absolute atomic E-state index is 12.6. The van der Waals surface area contributed by atoms with Crippen molar-refractivity contribution in [3.05, 3.63) is 87.8 Å². The van der Waals surface area contributed by atoms with Crippen molar-refractivity contribution in [2.75, 3.05) is 24.5 Å². The van der Waals surface area contributed by atoms with Crippen LogP contribution in [0, 0.1) is 6.92 Å². The number of nitrogens with zero attached hydrogens (tertiary/aromatic N) is 3. The highest BCUT2D eigenvalue weighted by molar-refractivity contribution is 5.92. The van der Waals surface area contributed by atoms with Crippen LogP contribution in [0.15, 0.2) is 65.5 Å². The van der Waals surface area contributed by atoms with E-state index in [0.29, 0.717) is 18.8 Å². The Hall–Kier alpha value is -3.94. The Morgan fingerprint density at radius 2 is 1.81 bits per heavy atom. The second kappa shape index (κ2) is 8.83. The highest BCUT2D eigenvalue weighted by atomic mass is 16.2. The quantitative estimate of drug-likeness (QED) is 0.654. The lowest BCUT2D eigenvalue weighted by Gasteiger charge is -2.28. The third kappa shape index (κ3) is 4.63. The molecular formula is C23H23N5O3. The van der Waals surface area contributed by atoms with Gasteiger partial charge >= 0.3 is 0 Å². The fourth-order valence-corrected chi connectivity index (χ4v) is 3.48. The van der Waals surface area contributed by atoms with Crippen molar-refractivity contribution < 1.29 is 9.59 Å². The third-order valence-electron chi connectivity index (χ3n) is 5.12. The molecule has 158 valence electrons. The number of para-hydroxylation sites is 1. The van der Waals surface area contributed by atoms with Gasteiger partial charge in [0.2, 0.25) is 11.3 Å². The van der Waals surface area contributed by atoms with Gasteiger partial charge in [-0.1, -0.05) is 30.3 Å². The fourth-order valence-electron chi connectivity index (χ4n) is 3.48. The standard InChI is InChI=1S/C23H23N5O3/c1-16-13-20(29)22(26-28(16)19-5-3-2-4-6-19)23(31)25-14-17-7-9-18(10-8-17)27-12-11-24-21(30)15-27/h2-10,13H,11-12,14-15H2,1H3,(H,24,30)(H,25,31). The lowest BCUT2D eigenvalue weighted by molar-refractivity contribution is -0.120. The molecule has 0 aliphatic carbocycles. The van der Waals surface area contributed by atoms with Crippen molar-refractivity contribution in [1.29, 1.82) is 0 Å². The third-order valence-corrected chi connectivity index (χ3v) is 5.12. The zero-order valence-corrected chi connectivity index (χ0v) is 17.2. The van der Waals surface area contributed by atoms with Crippen LogP contribution in [0.3, 0.4) is 0 Å². The van der Waals surface area contributed by atoms with E-state index in [1.807, 2.05) is 59.5 Å². The molecule has 1 aliphatic heterocycles. The minimum Gasteiger partial charge on any atom is -0.360 e. The molecule has 3 aromatic rings. The summed E-state index contributed by atoms with van der Waals surface area (Å²) >= 11 is 0. The van der Waals surface area contributed by atoms with Crippen LogP contribution in [0.4, 0.5) is 5.69 Å². The highest BCUT2D eigenvalue weighted by Gasteiger charge is 2.17. The number of aryl methyl sites for hydroxylation is 1. The van der Waals surface area contributed by atoms with E-state index in [1.165, 1.54) is 6.07 Å². The molecule has 2 aromatic carbocycles. The van der Waals surface area contributed by atoms with E-state index in [2.05, 4.69) is 15.7 Å². The molecule has 1 aromatic heterocycles. The molecule has 1 saturated heterocycles. The summed E-state index contributed by atoms with van der Waals surface area (Å²) in [6, 6.07) is 18.4. The van der Waals surface area contributed by atoms with Gasteiger partial charge in [0, 0.05) is 37.1 Å². The summed E-state index contributed by atoms with van der Waals surface area (Å²) in [7, 11) is 0. The molecule has 1 fully saturated rings. The minimum atomic E-state index is -0.522. The van der Waals surface area contributed by atoms with Gasteiger partial charge in [0.05, 0.1) is 12.2 Å². The van der Waals surface area contributed by atoms with Gasteiger partial charge in [-0.2, -0.15) is 5.10 Å². The van der Waals surface area contributed by atoms with Gasteiger partial charge in [0.1, 0.15) is 0 Å². The molecule has 0 spiro atoms. The molecule has 0 radical (unpaired) electrons. The Balaban J connectivity index is 1.45. The van der Waals surface area contributed by atoms with Crippen molar-refractivity contribution in [2.24, 2.45) is 0 Å². The van der Waals surface area contributed by atoms with Gasteiger partial charge in [0.15, 0.2) is 5.69 Å². The van der Waals surface area contributed by atoms with Crippen LogP contribution in [-0.4, -0.2) is 41.2 Å². The topological polar surface area (TPSA) is 96.3 Å². The molecule has 0 unspecified atom stereocenters. The predicted octanol–water partition coefficient (Wildman–Crippen LogP) is 1.41. The van der Waals surface area contributed by atoms with Crippen LogP contribution < -0.4 is 21.0 Å². The number of rotatable bonds is 5. The summed E-state index contributed by atoms with van der Waals surface area (Å²) in [6.07, 6.45) is 0. The van der Waals surface area contributed by atoms with E-state index in [9.17, 15) is 14.4 Å². The first-order valence-electron chi connectivity index (χ1n) is 10.1. The summed E-state index contributed by atoms with van der Waals surface area (Å²) in [5.41, 5.74) is 2.70. The van der Waals surface area contributed by atoms with Crippen LogP contribution in [-0.2, 0) is 11.3 Å². The van der Waals surface area contributed by atoms with Gasteiger partial charge in [0.25, 0.3) is 5.91 Å². The van der Waals surface area contributed by atoms with Gasteiger partial charge in [-0.3, -0.25) is 14.4 Å². The number of carbonyl (C=O) groups excluding carboxylic acids is 2.